The molecular weight excluding hydrogens is 323 g/mol. The predicted octanol–water partition coefficient (Wildman–Crippen LogP) is 2.79. The molecule has 0 aromatic heterocycles. The van der Waals surface area contributed by atoms with E-state index in [1.54, 1.807) is 0 Å². The standard InChI is InChI=1S/C12H14BrFO3S/c13-11-2-1-10(14)7-12(11)18(15,16)8-9-3-5-17-6-4-9/h1-2,7,9H,3-6,8H2. The maximum Gasteiger partial charge on any atom is 0.179 e. The summed E-state index contributed by atoms with van der Waals surface area (Å²) in [6.45, 7) is 1.20. The lowest BCUT2D eigenvalue weighted by atomic mass is 10.0. The van der Waals surface area contributed by atoms with Crippen LogP contribution in [0.1, 0.15) is 12.8 Å². The summed E-state index contributed by atoms with van der Waals surface area (Å²) in [5.74, 6) is -0.388. The van der Waals surface area contributed by atoms with E-state index in [0.717, 1.165) is 18.9 Å². The topological polar surface area (TPSA) is 43.4 Å². The van der Waals surface area contributed by atoms with E-state index in [1.807, 2.05) is 0 Å². The van der Waals surface area contributed by atoms with Gasteiger partial charge in [0.1, 0.15) is 5.82 Å². The molecule has 1 saturated heterocycles. The fraction of sp³-hybridized carbons (Fsp3) is 0.500. The molecule has 0 unspecified atom stereocenters. The molecule has 0 amide bonds. The molecule has 1 fully saturated rings. The highest BCUT2D eigenvalue weighted by molar-refractivity contribution is 9.10. The molecule has 1 aromatic carbocycles. The van der Waals surface area contributed by atoms with Crippen molar-refractivity contribution in [3.8, 4) is 0 Å². The van der Waals surface area contributed by atoms with Crippen LogP contribution in [-0.2, 0) is 14.6 Å². The molecule has 0 radical (unpaired) electrons. The van der Waals surface area contributed by atoms with Crippen molar-refractivity contribution >= 4 is 25.8 Å². The maximum absolute atomic E-state index is 13.2. The van der Waals surface area contributed by atoms with Crippen molar-refractivity contribution in [3.05, 3.63) is 28.5 Å². The number of hydrogen-bond acceptors (Lipinski definition) is 3. The minimum Gasteiger partial charge on any atom is -0.381 e. The van der Waals surface area contributed by atoms with Crippen molar-refractivity contribution < 1.29 is 17.5 Å². The Morgan fingerprint density at radius 1 is 1.33 bits per heavy atom. The first-order chi connectivity index (χ1) is 8.49. The van der Waals surface area contributed by atoms with Crippen LogP contribution in [0.5, 0.6) is 0 Å². The first-order valence-corrected chi connectivity index (χ1v) is 8.19. The lowest BCUT2D eigenvalue weighted by Crippen LogP contribution is -2.23. The summed E-state index contributed by atoms with van der Waals surface area (Å²) in [5.41, 5.74) is 0. The SMILES string of the molecule is O=S(=O)(CC1CCOCC1)c1cc(F)ccc1Br. The van der Waals surface area contributed by atoms with E-state index in [-0.39, 0.29) is 16.6 Å². The van der Waals surface area contributed by atoms with E-state index in [4.69, 9.17) is 4.74 Å². The van der Waals surface area contributed by atoms with Crippen LogP contribution in [0.15, 0.2) is 27.6 Å². The number of benzene rings is 1. The lowest BCUT2D eigenvalue weighted by Gasteiger charge is -2.21. The smallest absolute Gasteiger partial charge is 0.179 e. The third-order valence-electron chi connectivity index (χ3n) is 3.02. The molecule has 3 nitrogen and oxygen atoms in total. The molecule has 1 aliphatic rings. The third kappa shape index (κ3) is 3.30. The van der Waals surface area contributed by atoms with Crippen molar-refractivity contribution in [3.63, 3.8) is 0 Å². The van der Waals surface area contributed by atoms with Gasteiger partial charge in [-0.15, -0.1) is 0 Å². The first kappa shape index (κ1) is 14.0. The molecule has 1 aliphatic heterocycles. The number of halogens is 2. The van der Waals surface area contributed by atoms with Gasteiger partial charge in [-0.1, -0.05) is 0 Å². The molecular formula is C12H14BrFO3S. The van der Waals surface area contributed by atoms with Gasteiger partial charge in [0.05, 0.1) is 10.6 Å². The molecule has 2 rings (SSSR count). The second-order valence-corrected chi connectivity index (χ2v) is 7.27. The highest BCUT2D eigenvalue weighted by Gasteiger charge is 2.25. The van der Waals surface area contributed by atoms with Crippen LogP contribution in [0.25, 0.3) is 0 Å². The summed E-state index contributed by atoms with van der Waals surface area (Å²) >= 11 is 3.16. The Balaban J connectivity index is 2.21. The Morgan fingerprint density at radius 2 is 2.00 bits per heavy atom. The molecule has 0 aliphatic carbocycles. The molecule has 0 N–H and O–H groups in total. The fourth-order valence-corrected chi connectivity index (χ4v) is 4.81. The van der Waals surface area contributed by atoms with Gasteiger partial charge in [0.25, 0.3) is 0 Å². The summed E-state index contributed by atoms with van der Waals surface area (Å²) in [4.78, 5) is 0.0361. The van der Waals surface area contributed by atoms with Crippen molar-refractivity contribution in [1.82, 2.24) is 0 Å². The normalized spacial score (nSPS) is 17.9. The Morgan fingerprint density at radius 3 is 2.67 bits per heavy atom. The van der Waals surface area contributed by atoms with Gasteiger partial charge >= 0.3 is 0 Å². The predicted molar refractivity (Wildman–Crippen MR) is 69.7 cm³/mol. The Labute approximate surface area is 114 Å². The quantitative estimate of drug-likeness (QED) is 0.852. The van der Waals surface area contributed by atoms with Gasteiger partial charge in [0, 0.05) is 17.7 Å². The molecule has 0 saturated carbocycles. The summed E-state index contributed by atoms with van der Waals surface area (Å²) in [7, 11) is -3.46. The zero-order valence-corrected chi connectivity index (χ0v) is 12.1. The van der Waals surface area contributed by atoms with Gasteiger partial charge in [0.2, 0.25) is 0 Å². The van der Waals surface area contributed by atoms with E-state index < -0.39 is 15.7 Å². The van der Waals surface area contributed by atoms with Crippen LogP contribution in [0.2, 0.25) is 0 Å². The monoisotopic (exact) mass is 336 g/mol. The lowest BCUT2D eigenvalue weighted by molar-refractivity contribution is 0.0723. The molecule has 100 valence electrons. The maximum atomic E-state index is 13.2. The van der Waals surface area contributed by atoms with E-state index in [0.29, 0.717) is 17.7 Å². The second kappa shape index (κ2) is 5.67. The average molecular weight is 337 g/mol. The van der Waals surface area contributed by atoms with E-state index >= 15 is 0 Å². The van der Waals surface area contributed by atoms with Gasteiger partial charge in [-0.2, -0.15) is 0 Å². The number of sulfone groups is 1. The fourth-order valence-electron chi connectivity index (χ4n) is 2.03. The van der Waals surface area contributed by atoms with Crippen molar-refractivity contribution in [2.75, 3.05) is 19.0 Å². The Hall–Kier alpha value is -0.460. The molecule has 18 heavy (non-hydrogen) atoms. The molecule has 0 atom stereocenters. The van der Waals surface area contributed by atoms with Crippen LogP contribution < -0.4 is 0 Å². The summed E-state index contributed by atoms with van der Waals surface area (Å²) < 4.78 is 43.2. The van der Waals surface area contributed by atoms with E-state index in [2.05, 4.69) is 15.9 Å². The zero-order valence-electron chi connectivity index (χ0n) is 9.73. The molecule has 0 spiro atoms. The van der Waals surface area contributed by atoms with Crippen LogP contribution in [-0.4, -0.2) is 27.4 Å². The molecule has 1 aromatic rings. The number of hydrogen-bond donors (Lipinski definition) is 0. The van der Waals surface area contributed by atoms with Gasteiger partial charge in [0.15, 0.2) is 9.84 Å². The van der Waals surface area contributed by atoms with E-state index in [9.17, 15) is 12.8 Å². The minimum absolute atomic E-state index is 0.0361. The van der Waals surface area contributed by atoms with Crippen molar-refractivity contribution in [1.29, 1.82) is 0 Å². The minimum atomic E-state index is -3.46. The summed E-state index contributed by atoms with van der Waals surface area (Å²) in [6, 6.07) is 3.72. The average Bonchev–Trinajstić information content (AvgIpc) is 2.33. The highest BCUT2D eigenvalue weighted by atomic mass is 79.9. The van der Waals surface area contributed by atoms with Gasteiger partial charge in [-0.3, -0.25) is 0 Å². The van der Waals surface area contributed by atoms with Crippen molar-refractivity contribution in [2.45, 2.75) is 17.7 Å². The first-order valence-electron chi connectivity index (χ1n) is 5.74. The van der Waals surface area contributed by atoms with Gasteiger partial charge in [-0.25, -0.2) is 12.8 Å². The Kier molecular flexibility index (Phi) is 4.40. The summed E-state index contributed by atoms with van der Waals surface area (Å²) in [5, 5.41) is 0. The third-order valence-corrected chi connectivity index (χ3v) is 5.90. The van der Waals surface area contributed by atoms with E-state index in [1.165, 1.54) is 12.1 Å². The zero-order chi connectivity index (χ0) is 13.2. The molecule has 1 heterocycles. The second-order valence-electron chi connectivity index (χ2n) is 4.41. The van der Waals surface area contributed by atoms with Crippen molar-refractivity contribution in [2.24, 2.45) is 5.92 Å². The van der Waals surface area contributed by atoms with Gasteiger partial charge in [-0.05, 0) is 52.9 Å². The Bertz CT molecular complexity index is 524. The van der Waals surface area contributed by atoms with Crippen LogP contribution in [0, 0.1) is 11.7 Å². The molecule has 0 bridgehead atoms. The largest absolute Gasteiger partial charge is 0.381 e. The summed E-state index contributed by atoms with van der Waals surface area (Å²) in [6.07, 6.45) is 1.48. The van der Waals surface area contributed by atoms with Crippen LogP contribution in [0.3, 0.4) is 0 Å². The number of rotatable bonds is 3. The van der Waals surface area contributed by atoms with Crippen LogP contribution in [0.4, 0.5) is 4.39 Å². The molecule has 6 heteroatoms. The number of ether oxygens (including phenoxy) is 1. The van der Waals surface area contributed by atoms with Gasteiger partial charge < -0.3 is 4.74 Å². The van der Waals surface area contributed by atoms with Crippen LogP contribution >= 0.6 is 15.9 Å². The highest BCUT2D eigenvalue weighted by Crippen LogP contribution is 2.27.